The van der Waals surface area contributed by atoms with E-state index in [1.54, 1.807) is 6.20 Å². The molecular weight excluding hydrogens is 282 g/mol. The maximum absolute atomic E-state index is 12.2. The number of carbonyl (C=O) groups is 1. The molecule has 2 aliphatic rings. The smallest absolute Gasteiger partial charge is 0.220 e. The third kappa shape index (κ3) is 3.50. The van der Waals surface area contributed by atoms with E-state index in [4.69, 9.17) is 9.47 Å². The molecule has 2 saturated heterocycles. The van der Waals surface area contributed by atoms with Gasteiger partial charge in [0.2, 0.25) is 5.91 Å². The molecule has 0 saturated carbocycles. The van der Waals surface area contributed by atoms with Gasteiger partial charge in [0.25, 0.3) is 0 Å². The van der Waals surface area contributed by atoms with Gasteiger partial charge in [-0.15, -0.1) is 0 Å². The van der Waals surface area contributed by atoms with E-state index in [9.17, 15) is 4.79 Å². The van der Waals surface area contributed by atoms with Gasteiger partial charge in [-0.3, -0.25) is 4.79 Å². The Bertz CT molecular complexity index is 516. The van der Waals surface area contributed by atoms with Crippen LogP contribution in [0.2, 0.25) is 0 Å². The summed E-state index contributed by atoms with van der Waals surface area (Å²) >= 11 is 0. The molecule has 1 aromatic heterocycles. The zero-order valence-corrected chi connectivity index (χ0v) is 13.3. The summed E-state index contributed by atoms with van der Waals surface area (Å²) in [5, 5.41) is 3.11. The Morgan fingerprint density at radius 2 is 2.32 bits per heavy atom. The van der Waals surface area contributed by atoms with Gasteiger partial charge in [0.05, 0.1) is 18.2 Å². The molecule has 1 amide bonds. The van der Waals surface area contributed by atoms with Crippen LogP contribution >= 0.6 is 0 Å². The second kappa shape index (κ2) is 6.79. The predicted molar refractivity (Wildman–Crippen MR) is 81.3 cm³/mol. The predicted octanol–water partition coefficient (Wildman–Crippen LogP) is 1.71. The third-order valence-electron chi connectivity index (χ3n) is 4.56. The van der Waals surface area contributed by atoms with Crippen molar-refractivity contribution in [3.8, 4) is 0 Å². The van der Waals surface area contributed by atoms with Crippen LogP contribution in [0.3, 0.4) is 0 Å². The fraction of sp³-hybridized carbons (Fsp3) is 0.750. The molecule has 0 spiro atoms. The molecule has 4 atom stereocenters. The van der Waals surface area contributed by atoms with Crippen LogP contribution in [0.4, 0.5) is 0 Å². The molecule has 0 radical (unpaired) electrons. The van der Waals surface area contributed by atoms with Crippen molar-refractivity contribution >= 4 is 5.91 Å². The van der Waals surface area contributed by atoms with E-state index in [0.717, 1.165) is 31.5 Å². The lowest BCUT2D eigenvalue weighted by molar-refractivity contribution is -0.123. The fourth-order valence-electron chi connectivity index (χ4n) is 3.31. The molecule has 2 aliphatic heterocycles. The summed E-state index contributed by atoms with van der Waals surface area (Å²) in [5.74, 6) is 0.952. The first kappa shape index (κ1) is 15.5. The monoisotopic (exact) mass is 307 g/mol. The topological polar surface area (TPSA) is 65.4 Å². The highest BCUT2D eigenvalue weighted by molar-refractivity contribution is 5.76. The number of imidazole rings is 1. The first-order chi connectivity index (χ1) is 10.6. The Labute approximate surface area is 131 Å². The van der Waals surface area contributed by atoms with Crippen molar-refractivity contribution in [1.82, 2.24) is 14.9 Å². The van der Waals surface area contributed by atoms with E-state index < -0.39 is 0 Å². The lowest BCUT2D eigenvalue weighted by Gasteiger charge is -2.20. The molecule has 0 unspecified atom stereocenters. The van der Waals surface area contributed by atoms with Crippen molar-refractivity contribution in [1.29, 1.82) is 0 Å². The van der Waals surface area contributed by atoms with Crippen LogP contribution in [0.25, 0.3) is 0 Å². The third-order valence-corrected chi connectivity index (χ3v) is 4.56. The summed E-state index contributed by atoms with van der Waals surface area (Å²) in [5.41, 5.74) is 0. The van der Waals surface area contributed by atoms with Gasteiger partial charge < -0.3 is 19.4 Å². The van der Waals surface area contributed by atoms with Crippen LogP contribution in [-0.4, -0.2) is 40.3 Å². The molecule has 0 aliphatic carbocycles. The molecule has 1 aromatic rings. The second-order valence-electron chi connectivity index (χ2n) is 6.34. The number of rotatable bonds is 5. The van der Waals surface area contributed by atoms with Crippen LogP contribution < -0.4 is 5.32 Å². The van der Waals surface area contributed by atoms with Crippen molar-refractivity contribution in [2.45, 2.75) is 63.4 Å². The molecule has 22 heavy (non-hydrogen) atoms. The number of aromatic nitrogens is 2. The van der Waals surface area contributed by atoms with E-state index in [0.29, 0.717) is 19.1 Å². The van der Waals surface area contributed by atoms with E-state index in [1.165, 1.54) is 0 Å². The summed E-state index contributed by atoms with van der Waals surface area (Å²) in [4.78, 5) is 16.5. The number of amides is 1. The van der Waals surface area contributed by atoms with Gasteiger partial charge in [-0.1, -0.05) is 0 Å². The number of carbonyl (C=O) groups excluding carboxylic acids is 1. The normalized spacial score (nSPS) is 31.5. The molecule has 6 nitrogen and oxygen atoms in total. The van der Waals surface area contributed by atoms with Crippen LogP contribution in [-0.2, 0) is 21.3 Å². The average Bonchev–Trinajstić information content (AvgIpc) is 3.18. The summed E-state index contributed by atoms with van der Waals surface area (Å²) in [6.45, 7) is 2.75. The van der Waals surface area contributed by atoms with Gasteiger partial charge in [-0.25, -0.2) is 4.98 Å². The first-order valence-corrected chi connectivity index (χ1v) is 8.17. The highest BCUT2D eigenvalue weighted by Crippen LogP contribution is 2.28. The Morgan fingerprint density at radius 3 is 3.00 bits per heavy atom. The summed E-state index contributed by atoms with van der Waals surface area (Å²) in [7, 11) is 1.95. The zero-order valence-electron chi connectivity index (χ0n) is 13.3. The largest absolute Gasteiger partial charge is 0.375 e. The lowest BCUT2D eigenvalue weighted by atomic mass is 10.1. The van der Waals surface area contributed by atoms with Gasteiger partial charge in [0.15, 0.2) is 0 Å². The lowest BCUT2D eigenvalue weighted by Crippen LogP contribution is -2.37. The quantitative estimate of drug-likeness (QED) is 0.899. The second-order valence-corrected chi connectivity index (χ2v) is 6.34. The van der Waals surface area contributed by atoms with Crippen molar-refractivity contribution in [3.05, 3.63) is 18.2 Å². The molecule has 1 N–H and O–H groups in total. The minimum Gasteiger partial charge on any atom is -0.375 e. The number of nitrogens with zero attached hydrogens (tertiary/aromatic N) is 2. The molecule has 122 valence electrons. The maximum Gasteiger partial charge on any atom is 0.220 e. The standard InChI is InChI=1S/C16H25N3O3/c1-11-3-4-12(22-11)5-6-14(20)18-13-7-10-21-15(13)16-17-8-9-19(16)2/h8-9,11-13,15H,3-7,10H2,1-2H3,(H,18,20)/t11-,12+,13+,15+/m1/s1. The molecule has 3 heterocycles. The molecule has 0 bridgehead atoms. The first-order valence-electron chi connectivity index (χ1n) is 8.17. The number of hydrogen-bond acceptors (Lipinski definition) is 4. The van der Waals surface area contributed by atoms with E-state index in [-0.39, 0.29) is 24.2 Å². The van der Waals surface area contributed by atoms with Gasteiger partial charge in [0, 0.05) is 32.5 Å². The highest BCUT2D eigenvalue weighted by atomic mass is 16.5. The minimum atomic E-state index is -0.147. The van der Waals surface area contributed by atoms with Crippen LogP contribution in [0.5, 0.6) is 0 Å². The summed E-state index contributed by atoms with van der Waals surface area (Å²) in [6, 6.07) is 0.0111. The number of nitrogens with one attached hydrogen (secondary N) is 1. The van der Waals surface area contributed by atoms with Crippen LogP contribution in [0.1, 0.15) is 51.0 Å². The Morgan fingerprint density at radius 1 is 1.45 bits per heavy atom. The highest BCUT2D eigenvalue weighted by Gasteiger charge is 2.33. The minimum absolute atomic E-state index is 0.0111. The van der Waals surface area contributed by atoms with Crippen molar-refractivity contribution in [2.24, 2.45) is 7.05 Å². The van der Waals surface area contributed by atoms with Crippen molar-refractivity contribution in [2.75, 3.05) is 6.61 Å². The maximum atomic E-state index is 12.2. The van der Waals surface area contributed by atoms with Gasteiger partial charge in [0.1, 0.15) is 11.9 Å². The molecule has 2 fully saturated rings. The SMILES string of the molecule is C[C@@H]1CC[C@@H](CCC(=O)N[C@H]2CCO[C@@H]2c2nccn2C)O1. The summed E-state index contributed by atoms with van der Waals surface area (Å²) < 4.78 is 13.5. The van der Waals surface area contributed by atoms with Crippen LogP contribution in [0, 0.1) is 0 Å². The van der Waals surface area contributed by atoms with Crippen LogP contribution in [0.15, 0.2) is 12.4 Å². The number of ether oxygens (including phenoxy) is 2. The molecular formula is C16H25N3O3. The number of hydrogen-bond donors (Lipinski definition) is 1. The van der Waals surface area contributed by atoms with E-state index in [1.807, 2.05) is 17.8 Å². The fourth-order valence-corrected chi connectivity index (χ4v) is 3.31. The Kier molecular flexibility index (Phi) is 4.78. The summed E-state index contributed by atoms with van der Waals surface area (Å²) in [6.07, 6.45) is 8.41. The Hall–Kier alpha value is -1.40. The zero-order chi connectivity index (χ0) is 15.5. The van der Waals surface area contributed by atoms with Crippen molar-refractivity contribution in [3.63, 3.8) is 0 Å². The van der Waals surface area contributed by atoms with Gasteiger partial charge in [-0.05, 0) is 32.6 Å². The Balaban J connectivity index is 1.49. The average molecular weight is 307 g/mol. The molecule has 0 aromatic carbocycles. The van der Waals surface area contributed by atoms with Gasteiger partial charge in [-0.2, -0.15) is 0 Å². The number of aryl methyl sites for hydroxylation is 1. The molecule has 3 rings (SSSR count). The van der Waals surface area contributed by atoms with E-state index >= 15 is 0 Å². The van der Waals surface area contributed by atoms with Gasteiger partial charge >= 0.3 is 0 Å². The van der Waals surface area contributed by atoms with E-state index in [2.05, 4.69) is 17.2 Å². The van der Waals surface area contributed by atoms with Crippen molar-refractivity contribution < 1.29 is 14.3 Å². The molecule has 6 heteroatoms.